The van der Waals surface area contributed by atoms with E-state index in [2.05, 4.69) is 23.3 Å². The summed E-state index contributed by atoms with van der Waals surface area (Å²) >= 11 is 0. The molecule has 1 heterocycles. The van der Waals surface area contributed by atoms with E-state index >= 15 is 0 Å². The minimum Gasteiger partial charge on any atom is -0.508 e. The van der Waals surface area contributed by atoms with Crippen LogP contribution < -0.4 is 5.32 Å². The van der Waals surface area contributed by atoms with E-state index in [4.69, 9.17) is 0 Å². The molecular formula is C16H18N2O. The quantitative estimate of drug-likeness (QED) is 0.884. The van der Waals surface area contributed by atoms with Gasteiger partial charge in [0.25, 0.3) is 0 Å². The predicted molar refractivity (Wildman–Crippen MR) is 75.0 cm³/mol. The second-order valence-electron chi connectivity index (χ2n) is 5.08. The molecular weight excluding hydrogens is 236 g/mol. The Kier molecular flexibility index (Phi) is 3.22. The molecule has 1 aliphatic rings. The first-order valence-electron chi connectivity index (χ1n) is 6.73. The van der Waals surface area contributed by atoms with E-state index in [0.29, 0.717) is 11.8 Å². The van der Waals surface area contributed by atoms with Crippen LogP contribution in [0, 0.1) is 0 Å². The molecule has 3 heteroatoms. The van der Waals surface area contributed by atoms with Gasteiger partial charge in [-0.1, -0.05) is 18.2 Å². The van der Waals surface area contributed by atoms with E-state index in [0.717, 1.165) is 24.1 Å². The zero-order valence-corrected chi connectivity index (χ0v) is 11.0. The number of rotatable bonds is 3. The van der Waals surface area contributed by atoms with Gasteiger partial charge in [-0.25, -0.2) is 0 Å². The summed E-state index contributed by atoms with van der Waals surface area (Å²) in [5.74, 6) is 0.423. The largest absolute Gasteiger partial charge is 0.508 e. The average Bonchev–Trinajstić information content (AvgIpc) is 2.84. The molecule has 2 aromatic rings. The Morgan fingerprint density at radius 2 is 2.16 bits per heavy atom. The molecule has 1 aliphatic carbocycles. The first kappa shape index (κ1) is 12.2. The first-order chi connectivity index (χ1) is 9.25. The number of hydrogen-bond donors (Lipinski definition) is 2. The number of aromatic nitrogens is 1. The summed E-state index contributed by atoms with van der Waals surface area (Å²) in [4.78, 5) is 4.38. The molecule has 3 nitrogen and oxygen atoms in total. The van der Waals surface area contributed by atoms with Gasteiger partial charge in [-0.15, -0.1) is 0 Å². The van der Waals surface area contributed by atoms with Gasteiger partial charge in [-0.2, -0.15) is 0 Å². The van der Waals surface area contributed by atoms with Gasteiger partial charge in [0, 0.05) is 18.3 Å². The molecule has 0 saturated carbocycles. The van der Waals surface area contributed by atoms with E-state index in [1.54, 1.807) is 6.07 Å². The van der Waals surface area contributed by atoms with Gasteiger partial charge in [0.1, 0.15) is 5.75 Å². The van der Waals surface area contributed by atoms with Gasteiger partial charge in [0.05, 0.1) is 5.69 Å². The second-order valence-corrected chi connectivity index (χ2v) is 5.08. The van der Waals surface area contributed by atoms with Crippen LogP contribution in [0.2, 0.25) is 0 Å². The van der Waals surface area contributed by atoms with Gasteiger partial charge in [0.15, 0.2) is 0 Å². The number of nitrogens with one attached hydrogen (secondary N) is 1. The Labute approximate surface area is 113 Å². The van der Waals surface area contributed by atoms with Crippen molar-refractivity contribution in [2.45, 2.75) is 31.8 Å². The van der Waals surface area contributed by atoms with E-state index < -0.39 is 0 Å². The normalized spacial score (nSPS) is 19.1. The van der Waals surface area contributed by atoms with Crippen molar-refractivity contribution in [1.82, 2.24) is 10.3 Å². The molecule has 0 saturated heterocycles. The third kappa shape index (κ3) is 2.34. The monoisotopic (exact) mass is 254 g/mol. The number of nitrogens with zero attached hydrogens (tertiary/aromatic N) is 1. The number of phenols is 1. The third-order valence-corrected chi connectivity index (χ3v) is 3.83. The van der Waals surface area contributed by atoms with E-state index in [9.17, 15) is 5.11 Å². The number of hydrogen-bond acceptors (Lipinski definition) is 3. The molecule has 1 aromatic carbocycles. The van der Waals surface area contributed by atoms with Crippen LogP contribution in [0.15, 0.2) is 42.6 Å². The van der Waals surface area contributed by atoms with E-state index in [1.807, 2.05) is 30.5 Å². The minimum atomic E-state index is 0.208. The molecule has 0 bridgehead atoms. The standard InChI is InChI=1S/C16H18N2O/c1-11(14-6-2-3-10-17-14)18-15-9-8-13-12(15)5-4-7-16(13)19/h2-7,10-11,15,18-19H,8-9H2,1H3/t11-,15?/m1/s1. The number of pyridine rings is 1. The Morgan fingerprint density at radius 1 is 1.26 bits per heavy atom. The molecule has 2 N–H and O–H groups in total. The van der Waals surface area contributed by atoms with Crippen molar-refractivity contribution in [3.8, 4) is 5.75 Å². The van der Waals surface area contributed by atoms with E-state index in [-0.39, 0.29) is 6.04 Å². The van der Waals surface area contributed by atoms with Gasteiger partial charge in [0.2, 0.25) is 0 Å². The van der Waals surface area contributed by atoms with Gasteiger partial charge >= 0.3 is 0 Å². The van der Waals surface area contributed by atoms with Crippen molar-refractivity contribution in [3.63, 3.8) is 0 Å². The van der Waals surface area contributed by atoms with Gasteiger partial charge in [-0.05, 0) is 49.1 Å². The summed E-state index contributed by atoms with van der Waals surface area (Å²) in [6.45, 7) is 2.13. The Hall–Kier alpha value is -1.87. The topological polar surface area (TPSA) is 45.1 Å². The Morgan fingerprint density at radius 3 is 2.95 bits per heavy atom. The van der Waals surface area contributed by atoms with Crippen molar-refractivity contribution < 1.29 is 5.11 Å². The van der Waals surface area contributed by atoms with Crippen LogP contribution in [-0.2, 0) is 6.42 Å². The van der Waals surface area contributed by atoms with Crippen LogP contribution in [0.25, 0.3) is 0 Å². The molecule has 1 unspecified atom stereocenters. The summed E-state index contributed by atoms with van der Waals surface area (Å²) < 4.78 is 0. The van der Waals surface area contributed by atoms with Gasteiger partial charge < -0.3 is 10.4 Å². The highest BCUT2D eigenvalue weighted by atomic mass is 16.3. The highest BCUT2D eigenvalue weighted by molar-refractivity contribution is 5.44. The minimum absolute atomic E-state index is 0.208. The maximum Gasteiger partial charge on any atom is 0.119 e. The first-order valence-corrected chi connectivity index (χ1v) is 6.73. The van der Waals surface area contributed by atoms with Crippen LogP contribution in [0.5, 0.6) is 5.75 Å². The smallest absolute Gasteiger partial charge is 0.119 e. The Bertz CT molecular complexity index is 568. The average molecular weight is 254 g/mol. The highest BCUT2D eigenvalue weighted by Crippen LogP contribution is 2.37. The fraction of sp³-hybridized carbons (Fsp3) is 0.312. The lowest BCUT2D eigenvalue weighted by atomic mass is 10.1. The van der Waals surface area contributed by atoms with Crippen molar-refractivity contribution in [2.75, 3.05) is 0 Å². The van der Waals surface area contributed by atoms with Crippen molar-refractivity contribution >= 4 is 0 Å². The molecule has 0 amide bonds. The van der Waals surface area contributed by atoms with Crippen molar-refractivity contribution in [3.05, 3.63) is 59.4 Å². The maximum atomic E-state index is 9.86. The summed E-state index contributed by atoms with van der Waals surface area (Å²) in [6.07, 6.45) is 3.79. The zero-order valence-electron chi connectivity index (χ0n) is 11.0. The zero-order chi connectivity index (χ0) is 13.2. The lowest BCUT2D eigenvalue weighted by molar-refractivity contribution is 0.458. The summed E-state index contributed by atoms with van der Waals surface area (Å²) in [6, 6.07) is 12.3. The molecule has 0 aliphatic heterocycles. The fourth-order valence-electron chi connectivity index (χ4n) is 2.83. The summed E-state index contributed by atoms with van der Waals surface area (Å²) in [7, 11) is 0. The number of benzene rings is 1. The van der Waals surface area contributed by atoms with Gasteiger partial charge in [-0.3, -0.25) is 4.98 Å². The molecule has 98 valence electrons. The van der Waals surface area contributed by atoms with Crippen LogP contribution in [-0.4, -0.2) is 10.1 Å². The van der Waals surface area contributed by atoms with Crippen LogP contribution in [0.4, 0.5) is 0 Å². The molecule has 0 radical (unpaired) electrons. The van der Waals surface area contributed by atoms with Crippen LogP contribution >= 0.6 is 0 Å². The Balaban J connectivity index is 1.78. The lowest BCUT2D eigenvalue weighted by Crippen LogP contribution is -2.23. The predicted octanol–water partition coefficient (Wildman–Crippen LogP) is 3.13. The molecule has 1 aromatic heterocycles. The number of fused-ring (bicyclic) bond motifs is 1. The SMILES string of the molecule is C[C@@H](NC1CCc2c(O)cccc21)c1ccccn1. The van der Waals surface area contributed by atoms with Crippen molar-refractivity contribution in [1.29, 1.82) is 0 Å². The maximum absolute atomic E-state index is 9.86. The van der Waals surface area contributed by atoms with Crippen molar-refractivity contribution in [2.24, 2.45) is 0 Å². The van der Waals surface area contributed by atoms with Crippen LogP contribution in [0.3, 0.4) is 0 Å². The highest BCUT2D eigenvalue weighted by Gasteiger charge is 2.25. The molecule has 0 fully saturated rings. The number of aromatic hydroxyl groups is 1. The molecule has 19 heavy (non-hydrogen) atoms. The summed E-state index contributed by atoms with van der Waals surface area (Å²) in [5, 5.41) is 13.5. The molecule has 2 atom stereocenters. The molecule has 3 rings (SSSR count). The third-order valence-electron chi connectivity index (χ3n) is 3.83. The van der Waals surface area contributed by atoms with Crippen LogP contribution in [0.1, 0.15) is 42.2 Å². The second kappa shape index (κ2) is 5.02. The fourth-order valence-corrected chi connectivity index (χ4v) is 2.83. The molecule has 0 spiro atoms. The number of phenolic OH excluding ortho intramolecular Hbond substituents is 1. The van der Waals surface area contributed by atoms with E-state index in [1.165, 1.54) is 5.56 Å². The summed E-state index contributed by atoms with van der Waals surface area (Å²) in [5.41, 5.74) is 3.37. The lowest BCUT2D eigenvalue weighted by Gasteiger charge is -2.20.